The lowest BCUT2D eigenvalue weighted by Crippen LogP contribution is -2.71. The lowest BCUT2D eigenvalue weighted by atomic mass is 10.0. The largest absolute Gasteiger partial charge is 0.477 e. The van der Waals surface area contributed by atoms with Gasteiger partial charge in [-0.3, -0.25) is 14.5 Å². The van der Waals surface area contributed by atoms with Gasteiger partial charge in [-0.2, -0.15) is 0 Å². The number of aliphatic carboxylic acids is 1. The fourth-order valence-corrected chi connectivity index (χ4v) is 7.79. The van der Waals surface area contributed by atoms with Crippen LogP contribution in [0.25, 0.3) is 0 Å². The number of carbonyl (C=O) groups is 3. The van der Waals surface area contributed by atoms with Crippen LogP contribution in [0.4, 0.5) is 0 Å². The number of amides is 2. The molecule has 2 atom stereocenters. The minimum absolute atomic E-state index is 0.0800. The second kappa shape index (κ2) is 9.88. The van der Waals surface area contributed by atoms with Gasteiger partial charge in [-0.15, -0.1) is 22.0 Å². The Hall–Kier alpha value is -1.64. The second-order valence-corrected chi connectivity index (χ2v) is 12.7. The molecular formula is C17H22N4O6S4. The minimum atomic E-state index is -3.54. The average molecular weight is 507 g/mol. The molecule has 0 unspecified atom stereocenters. The fourth-order valence-electron chi connectivity index (χ4n) is 3.13. The summed E-state index contributed by atoms with van der Waals surface area (Å²) in [4.78, 5) is 37.8. The average Bonchev–Trinajstić information content (AvgIpc) is 3.12. The molecule has 10 nitrogen and oxygen atoms in total. The highest BCUT2D eigenvalue weighted by molar-refractivity contribution is 8.01. The van der Waals surface area contributed by atoms with Crippen LogP contribution in [0.1, 0.15) is 24.8 Å². The van der Waals surface area contributed by atoms with E-state index >= 15 is 0 Å². The summed E-state index contributed by atoms with van der Waals surface area (Å²) in [6, 6.07) is -0.937. The van der Waals surface area contributed by atoms with E-state index in [1.807, 2.05) is 13.8 Å². The number of aromatic nitrogens is 2. The maximum absolute atomic E-state index is 12.6. The molecule has 0 radical (unpaired) electrons. The molecule has 0 aliphatic carbocycles. The number of thioether (sulfide) groups is 2. The molecule has 2 aliphatic rings. The molecule has 0 bridgehead atoms. The standard InChI is InChI=1S/C17H22N4O6S4/c1-3-4-5-31(26,27)8-11(22)18-12-14(23)21-13(16(24)25)10(6-28-15(12)21)7-29-17-20-19-9(2)30-17/h12,15H,3-8H2,1-2H3,(H,18,22)(H,24,25)/t12-,15-/m1/s1. The summed E-state index contributed by atoms with van der Waals surface area (Å²) >= 11 is 4.10. The molecule has 0 spiro atoms. The summed E-state index contributed by atoms with van der Waals surface area (Å²) in [7, 11) is -3.54. The molecule has 2 amide bonds. The Morgan fingerprint density at radius 2 is 2.10 bits per heavy atom. The van der Waals surface area contributed by atoms with Gasteiger partial charge in [-0.05, 0) is 18.9 Å². The molecule has 0 saturated carbocycles. The highest BCUT2D eigenvalue weighted by Gasteiger charge is 2.54. The Morgan fingerprint density at radius 3 is 2.71 bits per heavy atom. The maximum atomic E-state index is 12.6. The van der Waals surface area contributed by atoms with Gasteiger partial charge in [0.25, 0.3) is 5.91 Å². The van der Waals surface area contributed by atoms with Crippen molar-refractivity contribution in [3.63, 3.8) is 0 Å². The summed E-state index contributed by atoms with van der Waals surface area (Å²) in [5.41, 5.74) is 0.510. The van der Waals surface area contributed by atoms with Crippen LogP contribution in [0.3, 0.4) is 0 Å². The van der Waals surface area contributed by atoms with Crippen LogP contribution in [-0.2, 0) is 24.2 Å². The van der Waals surface area contributed by atoms with Crippen molar-refractivity contribution in [2.75, 3.05) is 23.0 Å². The van der Waals surface area contributed by atoms with Gasteiger partial charge >= 0.3 is 5.97 Å². The van der Waals surface area contributed by atoms with Gasteiger partial charge < -0.3 is 10.4 Å². The second-order valence-electron chi connectivity index (χ2n) is 7.03. The summed E-state index contributed by atoms with van der Waals surface area (Å²) in [5.74, 6) is -2.55. The highest BCUT2D eigenvalue weighted by Crippen LogP contribution is 2.41. The monoisotopic (exact) mass is 506 g/mol. The van der Waals surface area contributed by atoms with Gasteiger partial charge in [0.2, 0.25) is 5.91 Å². The van der Waals surface area contributed by atoms with Crippen molar-refractivity contribution in [2.45, 2.75) is 42.4 Å². The number of carboxylic acids is 1. The number of fused-ring (bicyclic) bond motifs is 1. The Labute approximate surface area is 192 Å². The van der Waals surface area contributed by atoms with Crippen LogP contribution in [0.2, 0.25) is 0 Å². The van der Waals surface area contributed by atoms with Crippen LogP contribution in [0.5, 0.6) is 0 Å². The van der Waals surface area contributed by atoms with Crippen LogP contribution in [0, 0.1) is 6.92 Å². The number of nitrogens with one attached hydrogen (secondary N) is 1. The van der Waals surface area contributed by atoms with E-state index in [1.54, 1.807) is 0 Å². The Morgan fingerprint density at radius 1 is 1.35 bits per heavy atom. The van der Waals surface area contributed by atoms with E-state index in [1.165, 1.54) is 39.8 Å². The molecular weight excluding hydrogens is 484 g/mol. The molecule has 1 saturated heterocycles. The fraction of sp³-hybridized carbons (Fsp3) is 0.588. The van der Waals surface area contributed by atoms with Crippen LogP contribution in [-0.4, -0.2) is 80.8 Å². The SMILES string of the molecule is CCCCS(=O)(=O)CC(=O)N[C@@H]1C(=O)N2C(C(=O)O)=C(CSc3nnc(C)s3)CS[C@H]12. The minimum Gasteiger partial charge on any atom is -0.477 e. The van der Waals surface area contributed by atoms with E-state index in [-0.39, 0.29) is 11.4 Å². The predicted molar refractivity (Wildman–Crippen MR) is 119 cm³/mol. The molecule has 1 fully saturated rings. The van der Waals surface area contributed by atoms with Crippen molar-refractivity contribution in [3.8, 4) is 0 Å². The molecule has 3 rings (SSSR count). The smallest absolute Gasteiger partial charge is 0.352 e. The zero-order valence-corrected chi connectivity index (χ0v) is 20.1. The van der Waals surface area contributed by atoms with E-state index in [4.69, 9.17) is 0 Å². The van der Waals surface area contributed by atoms with Gasteiger partial charge in [0, 0.05) is 11.5 Å². The van der Waals surface area contributed by atoms with Crippen molar-refractivity contribution in [2.24, 2.45) is 0 Å². The zero-order valence-electron chi connectivity index (χ0n) is 16.9. The summed E-state index contributed by atoms with van der Waals surface area (Å²) in [5, 5.41) is 20.3. The van der Waals surface area contributed by atoms with E-state index in [9.17, 15) is 27.9 Å². The Kier molecular flexibility index (Phi) is 7.65. The first kappa shape index (κ1) is 24.0. The Balaban J connectivity index is 1.66. The predicted octanol–water partition coefficient (Wildman–Crippen LogP) is 0.892. The third-order valence-electron chi connectivity index (χ3n) is 4.60. The van der Waals surface area contributed by atoms with Crippen molar-refractivity contribution >= 4 is 62.5 Å². The van der Waals surface area contributed by atoms with E-state index in [2.05, 4.69) is 15.5 Å². The molecule has 1 aromatic rings. The van der Waals surface area contributed by atoms with E-state index in [0.717, 1.165) is 5.01 Å². The van der Waals surface area contributed by atoms with Gasteiger partial charge in [0.05, 0.1) is 5.75 Å². The first-order valence-electron chi connectivity index (χ1n) is 9.45. The zero-order chi connectivity index (χ0) is 22.8. The Bertz CT molecular complexity index is 1020. The van der Waals surface area contributed by atoms with E-state index < -0.39 is 44.8 Å². The molecule has 31 heavy (non-hydrogen) atoms. The van der Waals surface area contributed by atoms with Crippen molar-refractivity contribution < 1.29 is 27.9 Å². The molecule has 0 aromatic carbocycles. The number of carboxylic acid groups (broad SMARTS) is 1. The summed E-state index contributed by atoms with van der Waals surface area (Å²) in [6.07, 6.45) is 1.16. The number of hydrogen-bond donors (Lipinski definition) is 2. The van der Waals surface area contributed by atoms with Gasteiger partial charge in [0.1, 0.15) is 27.9 Å². The number of β-lactam (4-membered cyclic amide) rings is 1. The van der Waals surface area contributed by atoms with Crippen LogP contribution < -0.4 is 5.32 Å². The van der Waals surface area contributed by atoms with Crippen molar-refractivity contribution in [1.29, 1.82) is 0 Å². The molecule has 3 heterocycles. The number of hydrogen-bond acceptors (Lipinski definition) is 10. The van der Waals surface area contributed by atoms with Gasteiger partial charge in [0.15, 0.2) is 14.2 Å². The summed E-state index contributed by atoms with van der Waals surface area (Å²) < 4.78 is 24.7. The van der Waals surface area contributed by atoms with Crippen molar-refractivity contribution in [3.05, 3.63) is 16.3 Å². The number of carbonyl (C=O) groups excluding carboxylic acids is 2. The highest BCUT2D eigenvalue weighted by atomic mass is 32.2. The number of aryl methyl sites for hydroxylation is 1. The topological polar surface area (TPSA) is 147 Å². The third-order valence-corrected chi connectivity index (χ3v) is 9.61. The van der Waals surface area contributed by atoms with Crippen LogP contribution >= 0.6 is 34.9 Å². The quantitative estimate of drug-likeness (QED) is 0.346. The first-order valence-corrected chi connectivity index (χ1v) is 14.1. The molecule has 2 N–H and O–H groups in total. The van der Waals surface area contributed by atoms with E-state index in [0.29, 0.717) is 34.3 Å². The third kappa shape index (κ3) is 5.59. The molecule has 14 heteroatoms. The van der Waals surface area contributed by atoms with Crippen molar-refractivity contribution in [1.82, 2.24) is 20.4 Å². The lowest BCUT2D eigenvalue weighted by molar-refractivity contribution is -0.150. The van der Waals surface area contributed by atoms with Gasteiger partial charge in [-0.25, -0.2) is 13.2 Å². The maximum Gasteiger partial charge on any atom is 0.352 e. The normalized spacial score (nSPS) is 21.0. The lowest BCUT2D eigenvalue weighted by Gasteiger charge is -2.49. The van der Waals surface area contributed by atoms with Gasteiger partial charge in [-0.1, -0.05) is 36.4 Å². The summed E-state index contributed by atoms with van der Waals surface area (Å²) in [6.45, 7) is 3.68. The molecule has 2 aliphatic heterocycles. The molecule has 170 valence electrons. The molecule has 1 aromatic heterocycles. The first-order chi connectivity index (χ1) is 14.6. The number of rotatable bonds is 10. The number of unbranched alkanes of at least 4 members (excludes halogenated alkanes) is 1. The van der Waals surface area contributed by atoms with Crippen LogP contribution in [0.15, 0.2) is 15.6 Å². The number of sulfone groups is 1. The number of nitrogens with zero attached hydrogens (tertiary/aromatic N) is 3.